The molecule has 1 aliphatic carbocycles. The molecule has 8 nitrogen and oxygen atoms in total. The largest absolute Gasteiger partial charge is 0.419 e. The van der Waals surface area contributed by atoms with E-state index in [-0.39, 0.29) is 11.5 Å². The van der Waals surface area contributed by atoms with Gasteiger partial charge in [-0.15, -0.1) is 0 Å². The molecule has 0 radical (unpaired) electrons. The Labute approximate surface area is 209 Å². The fraction of sp³-hybridized carbons (Fsp3) is 0.320. The molecule has 4 aromatic rings. The van der Waals surface area contributed by atoms with Gasteiger partial charge >= 0.3 is 6.18 Å². The zero-order valence-electron chi connectivity index (χ0n) is 19.7. The van der Waals surface area contributed by atoms with Gasteiger partial charge in [-0.25, -0.2) is 19.3 Å². The number of aromatic nitrogens is 4. The van der Waals surface area contributed by atoms with Crippen molar-refractivity contribution >= 4 is 40.0 Å². The number of imidazole rings is 1. The second-order valence-corrected chi connectivity index (χ2v) is 9.27. The number of rotatable bonds is 6. The van der Waals surface area contributed by atoms with Crippen molar-refractivity contribution in [1.29, 1.82) is 0 Å². The summed E-state index contributed by atoms with van der Waals surface area (Å²) in [6, 6.07) is 9.01. The lowest BCUT2D eigenvalue weighted by Gasteiger charge is -2.36. The van der Waals surface area contributed by atoms with E-state index >= 15 is 0 Å². The average molecular weight is 513 g/mol. The summed E-state index contributed by atoms with van der Waals surface area (Å²) in [5, 5.41) is 5.91. The number of benzene rings is 1. The van der Waals surface area contributed by atoms with E-state index in [4.69, 9.17) is 0 Å². The van der Waals surface area contributed by atoms with Crippen LogP contribution in [0.4, 0.5) is 46.5 Å². The number of pyridine rings is 2. The number of H-pyrrole nitrogens is 1. The predicted molar refractivity (Wildman–Crippen MR) is 133 cm³/mol. The number of halogens is 4. The Balaban J connectivity index is 1.12. The molecular weight excluding hydrogens is 488 g/mol. The molecule has 2 fully saturated rings. The minimum atomic E-state index is -4.79. The maximum Gasteiger partial charge on any atom is 0.419 e. The number of nitrogens with zero attached hydrogens (tertiary/aromatic N) is 5. The molecule has 0 atom stereocenters. The molecule has 1 saturated carbocycles. The number of hydrogen-bond donors (Lipinski definition) is 3. The van der Waals surface area contributed by atoms with Crippen molar-refractivity contribution in [2.45, 2.75) is 25.1 Å². The summed E-state index contributed by atoms with van der Waals surface area (Å²) in [5.41, 5.74) is 0.980. The molecule has 0 amide bonds. The number of fused-ring (bicyclic) bond motifs is 1. The van der Waals surface area contributed by atoms with Crippen LogP contribution in [0, 0.1) is 5.82 Å². The second-order valence-electron chi connectivity index (χ2n) is 9.27. The van der Waals surface area contributed by atoms with Gasteiger partial charge in [0.05, 0.1) is 34.7 Å². The Morgan fingerprint density at radius 2 is 1.68 bits per heavy atom. The van der Waals surface area contributed by atoms with Crippen molar-refractivity contribution in [2.75, 3.05) is 41.7 Å². The number of nitrogens with one attached hydrogen (secondary N) is 3. The molecule has 0 spiro atoms. The van der Waals surface area contributed by atoms with Crippen LogP contribution in [0.5, 0.6) is 0 Å². The topological polar surface area (TPSA) is 85.0 Å². The molecule has 1 aliphatic heterocycles. The third-order valence-electron chi connectivity index (χ3n) is 6.65. The lowest BCUT2D eigenvalue weighted by atomic mass is 10.2. The van der Waals surface area contributed by atoms with Crippen molar-refractivity contribution < 1.29 is 17.6 Å². The molecule has 37 heavy (non-hydrogen) atoms. The summed E-state index contributed by atoms with van der Waals surface area (Å²) in [5.74, 6) is 0.0157. The molecule has 1 saturated heterocycles. The van der Waals surface area contributed by atoms with Gasteiger partial charge in [-0.3, -0.25) is 4.90 Å². The van der Waals surface area contributed by atoms with Crippen molar-refractivity contribution in [3.05, 3.63) is 60.2 Å². The summed E-state index contributed by atoms with van der Waals surface area (Å²) < 4.78 is 52.6. The zero-order chi connectivity index (χ0) is 25.6. The maximum absolute atomic E-state index is 13.6. The Bertz CT molecular complexity index is 1410. The summed E-state index contributed by atoms with van der Waals surface area (Å²) in [6.45, 7) is 4.15. The van der Waals surface area contributed by atoms with Gasteiger partial charge in [0.25, 0.3) is 0 Å². The summed E-state index contributed by atoms with van der Waals surface area (Å²) >= 11 is 0. The highest BCUT2D eigenvalue weighted by molar-refractivity contribution is 5.80. The SMILES string of the molecule is Fc1ccc(Nc2cc3nc(Nc4ccc(N5CCN(C6CC6)CC5)cn4)[nH]c3cn2)cc1C(F)(F)F. The van der Waals surface area contributed by atoms with Gasteiger partial charge in [-0.05, 0) is 43.2 Å². The molecule has 12 heteroatoms. The van der Waals surface area contributed by atoms with Crippen LogP contribution in [0.3, 0.4) is 0 Å². The Morgan fingerprint density at radius 1 is 0.892 bits per heavy atom. The maximum atomic E-state index is 13.6. The fourth-order valence-electron chi connectivity index (χ4n) is 4.56. The summed E-state index contributed by atoms with van der Waals surface area (Å²) in [6.07, 6.45) is 1.23. The highest BCUT2D eigenvalue weighted by Crippen LogP contribution is 2.34. The highest BCUT2D eigenvalue weighted by atomic mass is 19.4. The van der Waals surface area contributed by atoms with Gasteiger partial charge in [-0.2, -0.15) is 13.2 Å². The van der Waals surface area contributed by atoms with E-state index in [9.17, 15) is 17.6 Å². The van der Waals surface area contributed by atoms with E-state index < -0.39 is 17.6 Å². The monoisotopic (exact) mass is 512 g/mol. The lowest BCUT2D eigenvalue weighted by molar-refractivity contribution is -0.139. The number of anilines is 5. The van der Waals surface area contributed by atoms with E-state index in [1.807, 2.05) is 18.3 Å². The number of aromatic amines is 1. The van der Waals surface area contributed by atoms with Crippen LogP contribution in [0.1, 0.15) is 18.4 Å². The molecule has 4 heterocycles. The van der Waals surface area contributed by atoms with E-state index in [2.05, 4.69) is 40.4 Å². The molecular formula is C25H24F4N8. The van der Waals surface area contributed by atoms with Crippen LogP contribution < -0.4 is 15.5 Å². The second kappa shape index (κ2) is 9.18. The van der Waals surface area contributed by atoms with E-state index in [1.54, 1.807) is 6.07 Å². The minimum Gasteiger partial charge on any atom is -0.368 e. The number of piperazine rings is 1. The normalized spacial score (nSPS) is 16.8. The van der Waals surface area contributed by atoms with Crippen LogP contribution in [-0.2, 0) is 6.18 Å². The van der Waals surface area contributed by atoms with Crippen LogP contribution in [0.25, 0.3) is 11.0 Å². The average Bonchev–Trinajstić information content (AvgIpc) is 3.65. The van der Waals surface area contributed by atoms with Crippen molar-refractivity contribution in [2.24, 2.45) is 0 Å². The van der Waals surface area contributed by atoms with Crippen LogP contribution >= 0.6 is 0 Å². The van der Waals surface area contributed by atoms with Crippen LogP contribution in [0.2, 0.25) is 0 Å². The van der Waals surface area contributed by atoms with Crippen molar-refractivity contribution in [3.63, 3.8) is 0 Å². The molecule has 0 unspecified atom stereocenters. The molecule has 192 valence electrons. The van der Waals surface area contributed by atoms with Gasteiger partial charge in [0.2, 0.25) is 5.95 Å². The van der Waals surface area contributed by atoms with E-state index in [1.165, 1.54) is 25.1 Å². The molecule has 3 N–H and O–H groups in total. The van der Waals surface area contributed by atoms with Gasteiger partial charge in [0.15, 0.2) is 0 Å². The number of alkyl halides is 3. The smallest absolute Gasteiger partial charge is 0.368 e. The quantitative estimate of drug-likeness (QED) is 0.303. The first kappa shape index (κ1) is 23.5. The molecule has 3 aromatic heterocycles. The Morgan fingerprint density at radius 3 is 2.38 bits per heavy atom. The fourth-order valence-corrected chi connectivity index (χ4v) is 4.56. The first-order chi connectivity index (χ1) is 17.8. The van der Waals surface area contributed by atoms with Crippen LogP contribution in [-0.4, -0.2) is 57.1 Å². The van der Waals surface area contributed by atoms with E-state index in [0.29, 0.717) is 28.9 Å². The lowest BCUT2D eigenvalue weighted by Crippen LogP contribution is -2.47. The van der Waals surface area contributed by atoms with Crippen molar-refractivity contribution in [3.8, 4) is 0 Å². The zero-order valence-corrected chi connectivity index (χ0v) is 19.7. The van der Waals surface area contributed by atoms with Gasteiger partial charge in [0.1, 0.15) is 17.5 Å². The summed E-state index contributed by atoms with van der Waals surface area (Å²) in [4.78, 5) is 21.2. The first-order valence-electron chi connectivity index (χ1n) is 12.0. The molecule has 1 aromatic carbocycles. The molecule has 0 bridgehead atoms. The van der Waals surface area contributed by atoms with Crippen molar-refractivity contribution in [1.82, 2.24) is 24.8 Å². The third kappa shape index (κ3) is 5.15. The van der Waals surface area contributed by atoms with Gasteiger partial charge < -0.3 is 20.5 Å². The standard InChI is InChI=1S/C25H24F4N8/c26-19-5-1-15(11-18(19)25(27,28)29)32-23-12-20-21(14-31-23)34-24(33-20)35-22-6-4-17(13-30-22)37-9-7-36(8-10-37)16-2-3-16/h1,4-6,11-14,16H,2-3,7-10H2,(H,31,32)(H2,30,33,34,35). The summed E-state index contributed by atoms with van der Waals surface area (Å²) in [7, 11) is 0. The third-order valence-corrected chi connectivity index (χ3v) is 6.65. The van der Waals surface area contributed by atoms with Gasteiger partial charge in [0, 0.05) is 44.0 Å². The Hall–Kier alpha value is -3.93. The number of hydrogen-bond acceptors (Lipinski definition) is 7. The molecule has 2 aliphatic rings. The Kier molecular flexibility index (Phi) is 5.82. The van der Waals surface area contributed by atoms with E-state index in [0.717, 1.165) is 44.0 Å². The first-order valence-corrected chi connectivity index (χ1v) is 12.0. The predicted octanol–water partition coefficient (Wildman–Crippen LogP) is 5.28. The highest BCUT2D eigenvalue weighted by Gasteiger charge is 2.34. The van der Waals surface area contributed by atoms with Crippen LogP contribution in [0.15, 0.2) is 48.8 Å². The van der Waals surface area contributed by atoms with Gasteiger partial charge in [-0.1, -0.05) is 0 Å². The minimum absolute atomic E-state index is 0.0627. The molecule has 6 rings (SSSR count).